The summed E-state index contributed by atoms with van der Waals surface area (Å²) in [5.41, 5.74) is 1.76. The number of ether oxygens (including phenoxy) is 3. The van der Waals surface area contributed by atoms with Crippen molar-refractivity contribution in [1.82, 2.24) is 9.80 Å². The molecule has 49 heavy (non-hydrogen) atoms. The molecule has 2 bridgehead atoms. The van der Waals surface area contributed by atoms with Gasteiger partial charge in [-0.15, -0.1) is 11.3 Å². The number of benzene rings is 2. The van der Waals surface area contributed by atoms with Gasteiger partial charge in [0.15, 0.2) is 11.5 Å². The van der Waals surface area contributed by atoms with Crippen LogP contribution in [-0.2, 0) is 37.4 Å². The van der Waals surface area contributed by atoms with Crippen molar-refractivity contribution in [3.8, 4) is 11.5 Å². The zero-order chi connectivity index (χ0) is 34.5. The van der Waals surface area contributed by atoms with E-state index in [9.17, 15) is 14.4 Å². The van der Waals surface area contributed by atoms with Gasteiger partial charge in [-0.05, 0) is 89.8 Å². The molecule has 2 aliphatic carbocycles. The Bertz CT molecular complexity index is 1790. The molecule has 1 aromatic heterocycles. The third-order valence-corrected chi connectivity index (χ3v) is 12.5. The standard InChI is InChI=1S/C39H43BrN2O6S/c1-24(2)22-42(34(45)13-11-30-21-29(40)23-49-30)31-14-16-39(48-26(4)44)33-20-28-10-12-32(46-25(3)43)36-35(28)38(39,37(31)47-36)17-19-41(33)18-15-27-8-6-5-7-9-27/h5-13,21,23-24,31,33,37H,14-20,22H2,1-4H3/b13-11+/t31-,33+,37-,38-,39+/m0/s1. The molecule has 8 nitrogen and oxygen atoms in total. The highest BCUT2D eigenvalue weighted by molar-refractivity contribution is 9.10. The number of thiophene rings is 1. The molecule has 258 valence electrons. The van der Waals surface area contributed by atoms with Crippen LogP contribution in [0, 0.1) is 5.92 Å². The Morgan fingerprint density at radius 2 is 1.92 bits per heavy atom. The summed E-state index contributed by atoms with van der Waals surface area (Å²) < 4.78 is 20.5. The molecule has 5 atom stereocenters. The minimum atomic E-state index is -0.881. The third-order valence-electron chi connectivity index (χ3n) is 10.8. The highest BCUT2D eigenvalue weighted by atomic mass is 79.9. The minimum absolute atomic E-state index is 0.0766. The lowest BCUT2D eigenvalue weighted by Gasteiger charge is -2.65. The smallest absolute Gasteiger partial charge is 0.308 e. The molecular formula is C39H43BrN2O6S. The molecule has 1 saturated carbocycles. The molecular weight excluding hydrogens is 704 g/mol. The topological polar surface area (TPSA) is 85.4 Å². The summed E-state index contributed by atoms with van der Waals surface area (Å²) in [6, 6.07) is 16.0. The quantitative estimate of drug-likeness (QED) is 0.126. The molecule has 1 amide bonds. The molecule has 0 N–H and O–H groups in total. The number of likely N-dealkylation sites (tertiary alicyclic amines) is 1. The van der Waals surface area contributed by atoms with Gasteiger partial charge in [-0.1, -0.05) is 50.2 Å². The van der Waals surface area contributed by atoms with E-state index in [-0.39, 0.29) is 29.9 Å². The highest BCUT2D eigenvalue weighted by Crippen LogP contribution is 2.67. The molecule has 2 aromatic carbocycles. The van der Waals surface area contributed by atoms with Gasteiger partial charge in [-0.25, -0.2) is 0 Å². The van der Waals surface area contributed by atoms with Gasteiger partial charge in [0.05, 0.1) is 17.5 Å². The van der Waals surface area contributed by atoms with E-state index in [2.05, 4.69) is 65.0 Å². The third kappa shape index (κ3) is 5.93. The van der Waals surface area contributed by atoms with Crippen LogP contribution in [0.25, 0.3) is 6.08 Å². The highest BCUT2D eigenvalue weighted by Gasteiger charge is 2.75. The molecule has 2 fully saturated rings. The normalized spacial score (nSPS) is 26.7. The zero-order valence-electron chi connectivity index (χ0n) is 28.4. The van der Waals surface area contributed by atoms with E-state index in [1.54, 1.807) is 17.4 Å². The number of carbonyl (C=O) groups is 3. The summed E-state index contributed by atoms with van der Waals surface area (Å²) in [5.74, 6) is 0.308. The number of esters is 2. The predicted octanol–water partition coefficient (Wildman–Crippen LogP) is 6.97. The monoisotopic (exact) mass is 746 g/mol. The fourth-order valence-corrected chi connectivity index (χ4v) is 10.6. The Morgan fingerprint density at radius 1 is 1.12 bits per heavy atom. The van der Waals surface area contributed by atoms with Crippen LogP contribution in [0.4, 0.5) is 0 Å². The van der Waals surface area contributed by atoms with Gasteiger partial charge < -0.3 is 19.1 Å². The van der Waals surface area contributed by atoms with E-state index in [0.717, 1.165) is 40.0 Å². The maximum Gasteiger partial charge on any atom is 0.308 e. The number of piperidine rings is 1. The summed E-state index contributed by atoms with van der Waals surface area (Å²) in [6.07, 6.45) is 6.47. The summed E-state index contributed by atoms with van der Waals surface area (Å²) in [6.45, 7) is 9.29. The van der Waals surface area contributed by atoms with Crippen LogP contribution in [0.5, 0.6) is 11.5 Å². The Labute approximate surface area is 300 Å². The SMILES string of the molecule is CC(=O)Oc1ccc2c3c1O[C@H]1[C@@H](N(CC(C)C)C(=O)/C=C/c4cc(Br)cs4)CC[C@@]4(OC(C)=O)[C@@H](C2)N(CCc2ccccc2)CC[C@]314. The molecule has 4 aliphatic rings. The van der Waals surface area contributed by atoms with E-state index in [4.69, 9.17) is 14.2 Å². The average molecular weight is 748 g/mol. The maximum absolute atomic E-state index is 14.2. The molecule has 3 heterocycles. The van der Waals surface area contributed by atoms with Gasteiger partial charge in [0.2, 0.25) is 5.91 Å². The summed E-state index contributed by atoms with van der Waals surface area (Å²) in [4.78, 5) is 45.2. The second-order valence-corrected chi connectivity index (χ2v) is 16.1. The van der Waals surface area contributed by atoms with Crippen molar-refractivity contribution in [1.29, 1.82) is 0 Å². The van der Waals surface area contributed by atoms with Crippen LogP contribution >= 0.6 is 27.3 Å². The first kappa shape index (κ1) is 34.0. The van der Waals surface area contributed by atoms with Gasteiger partial charge in [0.25, 0.3) is 0 Å². The number of hydrogen-bond acceptors (Lipinski definition) is 8. The lowest BCUT2D eigenvalue weighted by Crippen LogP contribution is -2.79. The summed E-state index contributed by atoms with van der Waals surface area (Å²) >= 11 is 5.08. The van der Waals surface area contributed by atoms with Crippen molar-refractivity contribution in [2.75, 3.05) is 19.6 Å². The lowest BCUT2D eigenvalue weighted by atomic mass is 9.48. The number of nitrogens with zero attached hydrogens (tertiary/aromatic N) is 2. The van der Waals surface area contributed by atoms with Crippen LogP contribution in [0.15, 0.2) is 64.5 Å². The largest absolute Gasteiger partial charge is 0.483 e. The van der Waals surface area contributed by atoms with E-state index in [1.165, 1.54) is 19.4 Å². The maximum atomic E-state index is 14.2. The van der Waals surface area contributed by atoms with Gasteiger partial charge in [0, 0.05) is 53.3 Å². The van der Waals surface area contributed by atoms with Crippen molar-refractivity contribution >= 4 is 51.2 Å². The van der Waals surface area contributed by atoms with E-state index in [0.29, 0.717) is 43.7 Å². The van der Waals surface area contributed by atoms with Crippen molar-refractivity contribution < 1.29 is 28.6 Å². The van der Waals surface area contributed by atoms with Gasteiger partial charge in [-0.3, -0.25) is 19.3 Å². The zero-order valence-corrected chi connectivity index (χ0v) is 30.8. The molecule has 2 aliphatic heterocycles. The van der Waals surface area contributed by atoms with Gasteiger partial charge >= 0.3 is 11.9 Å². The molecule has 10 heteroatoms. The number of carbonyl (C=O) groups excluding carboxylic acids is 3. The Kier molecular flexibility index (Phi) is 9.26. The molecule has 7 rings (SSSR count). The van der Waals surface area contributed by atoms with Crippen molar-refractivity contribution in [3.05, 3.63) is 86.0 Å². The van der Waals surface area contributed by atoms with E-state index in [1.807, 2.05) is 34.6 Å². The van der Waals surface area contributed by atoms with Gasteiger partial charge in [-0.2, -0.15) is 0 Å². The average Bonchev–Trinajstić information content (AvgIpc) is 3.64. The van der Waals surface area contributed by atoms with Crippen LogP contribution < -0.4 is 9.47 Å². The molecule has 0 unspecified atom stereocenters. The van der Waals surface area contributed by atoms with Crippen LogP contribution in [-0.4, -0.2) is 71.1 Å². The van der Waals surface area contributed by atoms with Crippen LogP contribution in [0.3, 0.4) is 0 Å². The Morgan fingerprint density at radius 3 is 2.61 bits per heavy atom. The first-order valence-corrected chi connectivity index (χ1v) is 18.9. The number of rotatable bonds is 10. The molecule has 0 radical (unpaired) electrons. The fourth-order valence-electron chi connectivity index (χ4n) is 9.22. The number of amides is 1. The Hall–Kier alpha value is -3.47. The summed E-state index contributed by atoms with van der Waals surface area (Å²) in [5, 5.41) is 2.00. The van der Waals surface area contributed by atoms with Crippen molar-refractivity contribution in [2.45, 2.75) is 89.0 Å². The van der Waals surface area contributed by atoms with E-state index >= 15 is 0 Å². The first-order valence-electron chi connectivity index (χ1n) is 17.2. The van der Waals surface area contributed by atoms with Crippen molar-refractivity contribution in [3.63, 3.8) is 0 Å². The van der Waals surface area contributed by atoms with Crippen molar-refractivity contribution in [2.24, 2.45) is 5.92 Å². The number of halogens is 1. The molecule has 1 saturated heterocycles. The fraction of sp³-hybridized carbons (Fsp3) is 0.462. The second kappa shape index (κ2) is 13.3. The molecule has 1 spiro atoms. The molecule has 3 aromatic rings. The minimum Gasteiger partial charge on any atom is -0.483 e. The van der Waals surface area contributed by atoms with E-state index < -0.39 is 23.1 Å². The van der Waals surface area contributed by atoms with Crippen LogP contribution in [0.2, 0.25) is 0 Å². The lowest BCUT2D eigenvalue weighted by molar-refractivity contribution is -0.224. The number of hydrogen-bond donors (Lipinski definition) is 0. The van der Waals surface area contributed by atoms with Gasteiger partial charge in [0.1, 0.15) is 11.7 Å². The second-order valence-electron chi connectivity index (χ2n) is 14.2. The first-order chi connectivity index (χ1) is 23.5. The summed E-state index contributed by atoms with van der Waals surface area (Å²) in [7, 11) is 0. The Balaban J connectivity index is 1.34. The van der Waals surface area contributed by atoms with Crippen LogP contribution in [0.1, 0.15) is 68.5 Å². The predicted molar refractivity (Wildman–Crippen MR) is 193 cm³/mol.